The predicted octanol–water partition coefficient (Wildman–Crippen LogP) is 2.30. The average molecular weight is 191 g/mol. The number of rotatable bonds is 1. The van der Waals surface area contributed by atoms with Gasteiger partial charge in [0.1, 0.15) is 5.82 Å². The molecule has 69 valence electrons. The van der Waals surface area contributed by atoms with E-state index in [1.807, 2.05) is 0 Å². The van der Waals surface area contributed by atoms with Crippen LogP contribution in [0, 0.1) is 5.82 Å². The fourth-order valence-corrected chi connectivity index (χ4v) is 0.840. The van der Waals surface area contributed by atoms with Gasteiger partial charge in [0.25, 0.3) is 0 Å². The summed E-state index contributed by atoms with van der Waals surface area (Å²) in [5.74, 6) is -1.04. The van der Waals surface area contributed by atoms with Crippen LogP contribution >= 0.6 is 0 Å². The molecule has 0 saturated heterocycles. The van der Waals surface area contributed by atoms with E-state index in [9.17, 15) is 22.4 Å². The van der Waals surface area contributed by atoms with Gasteiger partial charge in [-0.05, 0) is 18.2 Å². The Morgan fingerprint density at radius 1 is 1.23 bits per heavy atom. The van der Waals surface area contributed by atoms with Crippen molar-refractivity contribution < 1.29 is 22.4 Å². The zero-order chi connectivity index (χ0) is 10.1. The van der Waals surface area contributed by atoms with Crippen LogP contribution in [0.15, 0.2) is 18.2 Å². The van der Waals surface area contributed by atoms with Gasteiger partial charge in [0.2, 0.25) is 6.29 Å². The maximum Gasteiger partial charge on any atom is 0.417 e. The van der Waals surface area contributed by atoms with Crippen molar-refractivity contribution in [1.29, 1.82) is 0 Å². The average Bonchev–Trinajstić information content (AvgIpc) is 2.03. The van der Waals surface area contributed by atoms with Crippen molar-refractivity contribution in [2.45, 2.75) is 6.18 Å². The van der Waals surface area contributed by atoms with Gasteiger partial charge in [0.15, 0.2) is 0 Å². The first-order valence-corrected chi connectivity index (χ1v) is 3.20. The Hall–Kier alpha value is -1.39. The summed E-state index contributed by atoms with van der Waals surface area (Å²) in [4.78, 5) is 10.0. The molecule has 1 nitrogen and oxygen atoms in total. The predicted molar refractivity (Wildman–Crippen MR) is 36.2 cm³/mol. The second-order valence-corrected chi connectivity index (χ2v) is 2.29. The van der Waals surface area contributed by atoms with Gasteiger partial charge < -0.3 is 0 Å². The molecular formula is C8H3F4O. The van der Waals surface area contributed by atoms with E-state index in [4.69, 9.17) is 0 Å². The van der Waals surface area contributed by atoms with E-state index in [2.05, 4.69) is 0 Å². The van der Waals surface area contributed by atoms with Crippen molar-refractivity contribution in [2.75, 3.05) is 0 Å². The molecule has 0 unspecified atom stereocenters. The van der Waals surface area contributed by atoms with Gasteiger partial charge >= 0.3 is 6.18 Å². The Balaban J connectivity index is 3.32. The SMILES string of the molecule is O=[C]c1ccc(F)cc1C(F)(F)F. The van der Waals surface area contributed by atoms with E-state index in [0.717, 1.165) is 18.4 Å². The van der Waals surface area contributed by atoms with Crippen LogP contribution in [0.3, 0.4) is 0 Å². The van der Waals surface area contributed by atoms with Crippen LogP contribution in [0.1, 0.15) is 11.1 Å². The lowest BCUT2D eigenvalue weighted by Crippen LogP contribution is -2.09. The molecule has 1 aromatic carbocycles. The van der Waals surface area contributed by atoms with E-state index in [-0.39, 0.29) is 6.07 Å². The zero-order valence-corrected chi connectivity index (χ0v) is 6.15. The lowest BCUT2D eigenvalue weighted by molar-refractivity contribution is -0.137. The molecule has 0 saturated carbocycles. The van der Waals surface area contributed by atoms with Crippen LogP contribution < -0.4 is 0 Å². The molecule has 1 radical (unpaired) electrons. The largest absolute Gasteiger partial charge is 0.417 e. The first-order chi connectivity index (χ1) is 5.95. The van der Waals surface area contributed by atoms with Crippen LogP contribution in [0.25, 0.3) is 0 Å². The summed E-state index contributed by atoms with van der Waals surface area (Å²) in [7, 11) is 0. The minimum absolute atomic E-state index is 0.264. The van der Waals surface area contributed by atoms with Crippen molar-refractivity contribution >= 4 is 6.29 Å². The van der Waals surface area contributed by atoms with Crippen molar-refractivity contribution in [3.8, 4) is 0 Å². The number of hydrogen-bond acceptors (Lipinski definition) is 1. The number of carbonyl (C=O) groups excluding carboxylic acids is 1. The molecule has 1 aromatic rings. The first-order valence-electron chi connectivity index (χ1n) is 3.20. The smallest absolute Gasteiger partial charge is 0.285 e. The van der Waals surface area contributed by atoms with Gasteiger partial charge in [0, 0.05) is 5.56 Å². The number of benzene rings is 1. The molecule has 0 aliphatic carbocycles. The monoisotopic (exact) mass is 191 g/mol. The third-order valence-corrected chi connectivity index (χ3v) is 1.40. The van der Waals surface area contributed by atoms with Gasteiger partial charge in [-0.25, -0.2) is 4.39 Å². The minimum atomic E-state index is -4.73. The van der Waals surface area contributed by atoms with Crippen LogP contribution in [0.4, 0.5) is 17.6 Å². The van der Waals surface area contributed by atoms with E-state index in [1.54, 1.807) is 0 Å². The number of hydrogen-bond donors (Lipinski definition) is 0. The summed E-state index contributed by atoms with van der Waals surface area (Å²) >= 11 is 0. The maximum absolute atomic E-state index is 12.4. The summed E-state index contributed by atoms with van der Waals surface area (Å²) in [6, 6.07) is 1.78. The Morgan fingerprint density at radius 3 is 2.31 bits per heavy atom. The molecule has 0 aromatic heterocycles. The molecule has 0 bridgehead atoms. The summed E-state index contributed by atoms with van der Waals surface area (Å²) in [6.45, 7) is 0. The topological polar surface area (TPSA) is 17.1 Å². The van der Waals surface area contributed by atoms with Crippen LogP contribution in [0.2, 0.25) is 0 Å². The second-order valence-electron chi connectivity index (χ2n) is 2.29. The summed E-state index contributed by atoms with van der Waals surface area (Å²) in [5.41, 5.74) is -1.99. The molecule has 5 heteroatoms. The lowest BCUT2D eigenvalue weighted by Gasteiger charge is -2.07. The first kappa shape index (κ1) is 9.70. The molecule has 0 N–H and O–H groups in total. The number of halogens is 4. The molecule has 0 atom stereocenters. The van der Waals surface area contributed by atoms with E-state index >= 15 is 0 Å². The van der Waals surface area contributed by atoms with Crippen molar-refractivity contribution in [2.24, 2.45) is 0 Å². The number of alkyl halides is 3. The standard InChI is InChI=1S/C8H3F4O/c9-6-2-1-5(4-13)7(3-6)8(10,11)12/h1-3H. The molecule has 13 heavy (non-hydrogen) atoms. The minimum Gasteiger partial charge on any atom is -0.285 e. The van der Waals surface area contributed by atoms with Gasteiger partial charge in [-0.3, -0.25) is 4.79 Å². The highest BCUT2D eigenvalue weighted by atomic mass is 19.4. The molecule has 0 heterocycles. The second kappa shape index (κ2) is 3.16. The van der Waals surface area contributed by atoms with Crippen LogP contribution in [-0.2, 0) is 11.0 Å². The summed E-state index contributed by atoms with van der Waals surface area (Å²) in [6.07, 6.45) is -3.63. The van der Waals surface area contributed by atoms with Crippen molar-refractivity contribution in [3.05, 3.63) is 35.1 Å². The highest BCUT2D eigenvalue weighted by Gasteiger charge is 2.33. The molecule has 0 aliphatic heterocycles. The Bertz CT molecular complexity index is 329. The summed E-state index contributed by atoms with van der Waals surface area (Å²) in [5, 5.41) is 0. The highest BCUT2D eigenvalue weighted by molar-refractivity contribution is 5.78. The maximum atomic E-state index is 12.4. The fraction of sp³-hybridized carbons (Fsp3) is 0.125. The highest BCUT2D eigenvalue weighted by Crippen LogP contribution is 2.31. The molecule has 0 fully saturated rings. The fourth-order valence-electron chi connectivity index (χ4n) is 0.840. The van der Waals surface area contributed by atoms with Gasteiger partial charge in [-0.15, -0.1) is 0 Å². The van der Waals surface area contributed by atoms with Crippen LogP contribution in [-0.4, -0.2) is 6.29 Å². The molecule has 0 aliphatic rings. The van der Waals surface area contributed by atoms with Crippen LogP contribution in [0.5, 0.6) is 0 Å². The third kappa shape index (κ3) is 2.05. The molecular weight excluding hydrogens is 188 g/mol. The van der Waals surface area contributed by atoms with Crippen molar-refractivity contribution in [3.63, 3.8) is 0 Å². The molecule has 1 rings (SSSR count). The Morgan fingerprint density at radius 2 is 1.85 bits per heavy atom. The third-order valence-electron chi connectivity index (χ3n) is 1.40. The Labute approximate surface area is 71.0 Å². The van der Waals surface area contributed by atoms with Gasteiger partial charge in [-0.2, -0.15) is 13.2 Å². The molecule has 0 spiro atoms. The van der Waals surface area contributed by atoms with Crippen molar-refractivity contribution in [1.82, 2.24) is 0 Å². The molecule has 0 amide bonds. The van der Waals surface area contributed by atoms with E-state index in [1.165, 1.54) is 0 Å². The zero-order valence-electron chi connectivity index (χ0n) is 6.15. The summed E-state index contributed by atoms with van der Waals surface area (Å²) < 4.78 is 48.6. The van der Waals surface area contributed by atoms with Gasteiger partial charge in [-0.1, -0.05) is 0 Å². The quantitative estimate of drug-likeness (QED) is 0.622. The lowest BCUT2D eigenvalue weighted by atomic mass is 10.1. The van der Waals surface area contributed by atoms with E-state index < -0.39 is 23.1 Å². The van der Waals surface area contributed by atoms with E-state index in [0.29, 0.717) is 0 Å². The normalized spacial score (nSPS) is 11.4. The Kier molecular flexibility index (Phi) is 2.36. The van der Waals surface area contributed by atoms with Gasteiger partial charge in [0.05, 0.1) is 5.56 Å².